The molecule has 0 saturated carbocycles. The molecule has 0 unspecified atom stereocenters. The zero-order valence-electron chi connectivity index (χ0n) is 8.16. The fourth-order valence-electron chi connectivity index (χ4n) is 1.65. The molecule has 1 saturated heterocycles. The molecule has 1 aliphatic heterocycles. The van der Waals surface area contributed by atoms with Crippen molar-refractivity contribution in [3.8, 4) is 0 Å². The summed E-state index contributed by atoms with van der Waals surface area (Å²) in [5.41, 5.74) is 5.22. The fraction of sp³-hybridized carbons (Fsp3) is 0.889. The smallest absolute Gasteiger partial charge is 0.133 e. The number of carbonyl (C=O) groups is 1. The van der Waals surface area contributed by atoms with Gasteiger partial charge in [-0.05, 0) is 19.8 Å². The molecule has 1 aliphatic rings. The summed E-state index contributed by atoms with van der Waals surface area (Å²) >= 11 is 0. The van der Waals surface area contributed by atoms with E-state index in [9.17, 15) is 4.79 Å². The van der Waals surface area contributed by atoms with Crippen LogP contribution in [0.4, 0.5) is 0 Å². The van der Waals surface area contributed by atoms with Crippen molar-refractivity contribution in [3.05, 3.63) is 0 Å². The van der Waals surface area contributed by atoms with E-state index in [2.05, 4.69) is 4.90 Å². The Bertz CT molecular complexity index is 165. The molecule has 0 aliphatic carbocycles. The van der Waals surface area contributed by atoms with E-state index in [0.717, 1.165) is 25.9 Å². The summed E-state index contributed by atoms with van der Waals surface area (Å²) in [5.74, 6) is 0.591. The first-order valence-corrected chi connectivity index (χ1v) is 4.74. The first-order chi connectivity index (χ1) is 6.24. The first kappa shape index (κ1) is 10.6. The van der Waals surface area contributed by atoms with Crippen LogP contribution in [0.5, 0.6) is 0 Å². The highest BCUT2D eigenvalue weighted by molar-refractivity contribution is 5.78. The van der Waals surface area contributed by atoms with E-state index in [1.54, 1.807) is 6.92 Å². The predicted octanol–water partition coefficient (Wildman–Crippen LogP) is 0.178. The average molecular weight is 186 g/mol. The highest BCUT2D eigenvalue weighted by Gasteiger charge is 2.21. The van der Waals surface area contributed by atoms with E-state index in [0.29, 0.717) is 12.5 Å². The molecule has 0 atom stereocenters. The van der Waals surface area contributed by atoms with Crippen molar-refractivity contribution < 1.29 is 9.53 Å². The summed E-state index contributed by atoms with van der Waals surface area (Å²) in [7, 11) is 0. The molecule has 4 heteroatoms. The van der Waals surface area contributed by atoms with Gasteiger partial charge < -0.3 is 10.5 Å². The van der Waals surface area contributed by atoms with Gasteiger partial charge in [0.1, 0.15) is 12.5 Å². The van der Waals surface area contributed by atoms with Crippen LogP contribution in [0.2, 0.25) is 0 Å². The number of nitrogens with zero attached hydrogens (tertiary/aromatic N) is 1. The molecule has 1 fully saturated rings. The van der Waals surface area contributed by atoms with Crippen LogP contribution in [0.25, 0.3) is 0 Å². The Kier molecular flexibility index (Phi) is 4.35. The maximum Gasteiger partial charge on any atom is 0.133 e. The molecular formula is C9H18N2O2. The van der Waals surface area contributed by atoms with Crippen LogP contribution in [0.15, 0.2) is 0 Å². The van der Waals surface area contributed by atoms with Gasteiger partial charge >= 0.3 is 0 Å². The number of hydrogen-bond donors (Lipinski definition) is 1. The minimum Gasteiger partial charge on any atom is -0.351 e. The van der Waals surface area contributed by atoms with Crippen LogP contribution in [-0.2, 0) is 9.53 Å². The zero-order chi connectivity index (χ0) is 9.68. The van der Waals surface area contributed by atoms with Crippen molar-refractivity contribution in [1.82, 2.24) is 4.90 Å². The molecule has 0 bridgehead atoms. The molecule has 1 heterocycles. The molecule has 1 rings (SSSR count). The summed E-state index contributed by atoms with van der Waals surface area (Å²) in [6, 6.07) is 0. The Morgan fingerprint density at radius 2 is 2.15 bits per heavy atom. The number of rotatable bonds is 4. The summed E-state index contributed by atoms with van der Waals surface area (Å²) in [6.07, 6.45) is 1.92. The maximum absolute atomic E-state index is 11.0. The van der Waals surface area contributed by atoms with E-state index >= 15 is 0 Å². The van der Waals surface area contributed by atoms with E-state index in [4.69, 9.17) is 10.5 Å². The van der Waals surface area contributed by atoms with Crippen molar-refractivity contribution in [2.75, 3.05) is 26.6 Å². The number of nitrogens with two attached hydrogens (primary N) is 1. The monoisotopic (exact) mass is 186 g/mol. The van der Waals surface area contributed by atoms with Crippen LogP contribution in [0.3, 0.4) is 0 Å². The highest BCUT2D eigenvalue weighted by atomic mass is 16.5. The molecule has 0 aromatic carbocycles. The second-order valence-corrected chi connectivity index (χ2v) is 3.50. The van der Waals surface area contributed by atoms with Crippen LogP contribution < -0.4 is 5.73 Å². The number of ether oxygens (including phenoxy) is 1. The second-order valence-electron chi connectivity index (χ2n) is 3.50. The van der Waals surface area contributed by atoms with Crippen LogP contribution >= 0.6 is 0 Å². The molecular weight excluding hydrogens is 168 g/mol. The standard InChI is InChI=1S/C9H18N2O2/c1-8(12)9-2-4-11(5-3-9)7-13-6-10/h9H,2-7,10H2,1H3. The number of likely N-dealkylation sites (tertiary alicyclic amines) is 1. The summed E-state index contributed by atoms with van der Waals surface area (Å²) in [4.78, 5) is 13.2. The number of ketones is 1. The third-order valence-corrected chi connectivity index (χ3v) is 2.55. The first-order valence-electron chi connectivity index (χ1n) is 4.74. The van der Waals surface area contributed by atoms with Crippen LogP contribution in [0, 0.1) is 5.92 Å². The van der Waals surface area contributed by atoms with Crippen molar-refractivity contribution in [1.29, 1.82) is 0 Å². The Hall–Kier alpha value is -0.450. The van der Waals surface area contributed by atoms with Crippen molar-refractivity contribution in [3.63, 3.8) is 0 Å². The minimum atomic E-state index is 0.270. The highest BCUT2D eigenvalue weighted by Crippen LogP contribution is 2.17. The van der Waals surface area contributed by atoms with Gasteiger partial charge in [0.2, 0.25) is 0 Å². The Morgan fingerprint density at radius 3 is 2.62 bits per heavy atom. The molecule has 0 amide bonds. The molecule has 0 radical (unpaired) electrons. The molecule has 76 valence electrons. The van der Waals surface area contributed by atoms with Gasteiger partial charge in [0, 0.05) is 19.0 Å². The molecule has 4 nitrogen and oxygen atoms in total. The van der Waals surface area contributed by atoms with Gasteiger partial charge in [-0.15, -0.1) is 0 Å². The maximum atomic E-state index is 11.0. The number of hydrogen-bond acceptors (Lipinski definition) is 4. The lowest BCUT2D eigenvalue weighted by Gasteiger charge is -2.30. The normalized spacial score (nSPS) is 20.5. The lowest BCUT2D eigenvalue weighted by atomic mass is 9.94. The van der Waals surface area contributed by atoms with Gasteiger partial charge in [-0.2, -0.15) is 0 Å². The fourth-order valence-corrected chi connectivity index (χ4v) is 1.65. The van der Waals surface area contributed by atoms with Crippen molar-refractivity contribution in [2.24, 2.45) is 11.7 Å². The predicted molar refractivity (Wildman–Crippen MR) is 50.0 cm³/mol. The molecule has 0 aromatic heterocycles. The van der Waals surface area contributed by atoms with E-state index in [1.165, 1.54) is 0 Å². The SMILES string of the molecule is CC(=O)C1CCN(COCN)CC1. The summed E-state index contributed by atoms with van der Waals surface area (Å²) in [5, 5.41) is 0. The molecule has 0 spiro atoms. The minimum absolute atomic E-state index is 0.270. The van der Waals surface area contributed by atoms with Gasteiger partial charge in [0.25, 0.3) is 0 Å². The van der Waals surface area contributed by atoms with E-state index in [-0.39, 0.29) is 12.6 Å². The molecule has 0 aromatic rings. The largest absolute Gasteiger partial charge is 0.351 e. The van der Waals surface area contributed by atoms with Gasteiger partial charge in [0.15, 0.2) is 0 Å². The van der Waals surface area contributed by atoms with Gasteiger partial charge in [-0.25, -0.2) is 0 Å². The second kappa shape index (κ2) is 5.32. The quantitative estimate of drug-likeness (QED) is 0.636. The third kappa shape index (κ3) is 3.42. The third-order valence-electron chi connectivity index (χ3n) is 2.55. The van der Waals surface area contributed by atoms with Gasteiger partial charge in [0.05, 0.1) is 6.73 Å². The van der Waals surface area contributed by atoms with Crippen LogP contribution in [-0.4, -0.2) is 37.2 Å². The van der Waals surface area contributed by atoms with Crippen molar-refractivity contribution >= 4 is 5.78 Å². The zero-order valence-corrected chi connectivity index (χ0v) is 8.16. The summed E-state index contributed by atoms with van der Waals surface area (Å²) < 4.78 is 5.09. The topological polar surface area (TPSA) is 55.6 Å². The number of carbonyl (C=O) groups excluding carboxylic acids is 1. The number of piperidine rings is 1. The Labute approximate surface area is 79.0 Å². The molecule has 13 heavy (non-hydrogen) atoms. The van der Waals surface area contributed by atoms with Gasteiger partial charge in [-0.1, -0.05) is 0 Å². The Balaban J connectivity index is 2.18. The van der Waals surface area contributed by atoms with Crippen molar-refractivity contribution in [2.45, 2.75) is 19.8 Å². The van der Waals surface area contributed by atoms with Gasteiger partial charge in [-0.3, -0.25) is 9.69 Å². The average Bonchev–Trinajstić information content (AvgIpc) is 2.15. The molecule has 2 N–H and O–H groups in total. The van der Waals surface area contributed by atoms with Crippen LogP contribution in [0.1, 0.15) is 19.8 Å². The Morgan fingerprint density at radius 1 is 1.54 bits per heavy atom. The summed E-state index contributed by atoms with van der Waals surface area (Å²) in [6.45, 7) is 4.44. The van der Waals surface area contributed by atoms with E-state index < -0.39 is 0 Å². The number of Topliss-reactive ketones (excluding diaryl/α,β-unsaturated/α-hetero) is 1. The van der Waals surface area contributed by atoms with E-state index in [1.807, 2.05) is 0 Å². The lowest BCUT2D eigenvalue weighted by molar-refractivity contribution is -0.122. The lowest BCUT2D eigenvalue weighted by Crippen LogP contribution is -2.37.